The molecule has 3 nitrogen and oxygen atoms in total. The lowest BCUT2D eigenvalue weighted by molar-refractivity contribution is 0.210. The van der Waals surface area contributed by atoms with E-state index in [-0.39, 0.29) is 0 Å². The minimum Gasteiger partial charge on any atom is -0.296 e. The van der Waals surface area contributed by atoms with Crippen molar-refractivity contribution in [1.29, 1.82) is 0 Å². The van der Waals surface area contributed by atoms with Crippen molar-refractivity contribution < 1.29 is 0 Å². The molecule has 0 spiro atoms. The van der Waals surface area contributed by atoms with Gasteiger partial charge in [-0.15, -0.1) is 0 Å². The first-order valence-corrected chi connectivity index (χ1v) is 3.99. The van der Waals surface area contributed by atoms with E-state index in [2.05, 4.69) is 15.4 Å². The summed E-state index contributed by atoms with van der Waals surface area (Å²) in [6, 6.07) is 0. The Hall–Kier alpha value is -0.570. The van der Waals surface area contributed by atoms with Gasteiger partial charge in [0, 0.05) is 19.2 Å². The van der Waals surface area contributed by atoms with Crippen LogP contribution in [-0.2, 0) is 0 Å². The first kappa shape index (κ1) is 6.16. The number of hydrogen-bond acceptors (Lipinski definition) is 3. The molecular weight excluding hydrogens is 126 g/mol. The average molecular weight is 139 g/mol. The molecule has 2 heterocycles. The molecule has 2 rings (SSSR count). The van der Waals surface area contributed by atoms with Crippen LogP contribution in [-0.4, -0.2) is 30.5 Å². The van der Waals surface area contributed by atoms with Gasteiger partial charge in [-0.3, -0.25) is 10.3 Å². The summed E-state index contributed by atoms with van der Waals surface area (Å²) in [4.78, 5) is 0. The van der Waals surface area contributed by atoms with Crippen molar-refractivity contribution in [3.63, 3.8) is 0 Å². The molecule has 0 aliphatic carbocycles. The first-order chi connectivity index (χ1) is 4.97. The molecule has 0 aromatic rings. The van der Waals surface area contributed by atoms with Gasteiger partial charge in [-0.05, 0) is 19.4 Å². The van der Waals surface area contributed by atoms with Crippen molar-refractivity contribution in [2.24, 2.45) is 5.10 Å². The first-order valence-electron chi connectivity index (χ1n) is 3.99. The summed E-state index contributed by atoms with van der Waals surface area (Å²) in [6.45, 7) is 2.27. The van der Waals surface area contributed by atoms with Crippen LogP contribution >= 0.6 is 0 Å². The molecule has 1 saturated heterocycles. The summed E-state index contributed by atoms with van der Waals surface area (Å²) in [6.07, 6.45) is 6.23. The van der Waals surface area contributed by atoms with Gasteiger partial charge in [0.2, 0.25) is 0 Å². The van der Waals surface area contributed by atoms with E-state index in [1.807, 2.05) is 6.21 Å². The SMILES string of the molecule is C1=NN(C2CCCN2)CC1. The van der Waals surface area contributed by atoms with Crippen LogP contribution in [0.3, 0.4) is 0 Å². The van der Waals surface area contributed by atoms with Crippen molar-refractivity contribution in [3.8, 4) is 0 Å². The molecule has 2 aliphatic heterocycles. The molecule has 1 atom stereocenters. The fourth-order valence-electron chi connectivity index (χ4n) is 1.57. The van der Waals surface area contributed by atoms with Gasteiger partial charge in [-0.1, -0.05) is 0 Å². The molecule has 1 fully saturated rings. The summed E-state index contributed by atoms with van der Waals surface area (Å²) in [5.41, 5.74) is 0. The largest absolute Gasteiger partial charge is 0.296 e. The van der Waals surface area contributed by atoms with Crippen LogP contribution in [0.25, 0.3) is 0 Å². The molecule has 1 N–H and O–H groups in total. The predicted octanol–water partition coefficient (Wildman–Crippen LogP) is 0.387. The summed E-state index contributed by atoms with van der Waals surface area (Å²) in [5, 5.41) is 9.83. The van der Waals surface area contributed by atoms with Crippen LogP contribution in [0.1, 0.15) is 19.3 Å². The zero-order valence-corrected chi connectivity index (χ0v) is 6.08. The minimum absolute atomic E-state index is 0.541. The van der Waals surface area contributed by atoms with Gasteiger partial charge in [0.05, 0.1) is 6.17 Å². The standard InChI is InChI=1S/C7H13N3/c1-3-7(8-4-1)10-6-2-5-9-10/h5,7-8H,1-4,6H2. The van der Waals surface area contributed by atoms with E-state index < -0.39 is 0 Å². The molecule has 3 heteroatoms. The molecule has 1 unspecified atom stereocenters. The maximum atomic E-state index is 4.26. The van der Waals surface area contributed by atoms with Crippen molar-refractivity contribution >= 4 is 6.21 Å². The molecule has 2 aliphatic rings. The highest BCUT2D eigenvalue weighted by atomic mass is 15.5. The third kappa shape index (κ3) is 1.01. The third-order valence-electron chi connectivity index (χ3n) is 2.11. The van der Waals surface area contributed by atoms with Gasteiger partial charge in [0.15, 0.2) is 0 Å². The summed E-state index contributed by atoms with van der Waals surface area (Å²) in [7, 11) is 0. The van der Waals surface area contributed by atoms with E-state index in [4.69, 9.17) is 0 Å². The topological polar surface area (TPSA) is 27.6 Å². The monoisotopic (exact) mass is 139 g/mol. The molecule has 0 radical (unpaired) electrons. The van der Waals surface area contributed by atoms with Crippen molar-refractivity contribution in [2.75, 3.05) is 13.1 Å². The van der Waals surface area contributed by atoms with E-state index in [1.54, 1.807) is 0 Å². The Morgan fingerprint density at radius 1 is 1.60 bits per heavy atom. The van der Waals surface area contributed by atoms with Gasteiger partial charge < -0.3 is 0 Å². The van der Waals surface area contributed by atoms with Gasteiger partial charge in [-0.2, -0.15) is 5.10 Å². The van der Waals surface area contributed by atoms with Crippen LogP contribution in [0, 0.1) is 0 Å². The van der Waals surface area contributed by atoms with Crippen LogP contribution in [0.2, 0.25) is 0 Å². The number of nitrogens with one attached hydrogen (secondary N) is 1. The Balaban J connectivity index is 1.91. The quantitative estimate of drug-likeness (QED) is 0.569. The smallest absolute Gasteiger partial charge is 0.0964 e. The Kier molecular flexibility index (Phi) is 1.59. The molecule has 0 aromatic carbocycles. The number of hydrazone groups is 1. The summed E-state index contributed by atoms with van der Waals surface area (Å²) < 4.78 is 0. The maximum Gasteiger partial charge on any atom is 0.0964 e. The number of hydrogen-bond donors (Lipinski definition) is 1. The lowest BCUT2D eigenvalue weighted by Gasteiger charge is -2.21. The Morgan fingerprint density at radius 3 is 3.20 bits per heavy atom. The zero-order chi connectivity index (χ0) is 6.81. The van der Waals surface area contributed by atoms with Gasteiger partial charge in [0.25, 0.3) is 0 Å². The zero-order valence-electron chi connectivity index (χ0n) is 6.08. The molecule has 0 saturated carbocycles. The van der Waals surface area contributed by atoms with Crippen LogP contribution < -0.4 is 5.32 Å². The second-order valence-corrected chi connectivity index (χ2v) is 2.86. The fraction of sp³-hybridized carbons (Fsp3) is 0.857. The average Bonchev–Trinajstić information content (AvgIpc) is 2.59. The second kappa shape index (κ2) is 2.58. The van der Waals surface area contributed by atoms with Crippen molar-refractivity contribution in [2.45, 2.75) is 25.4 Å². The second-order valence-electron chi connectivity index (χ2n) is 2.86. The Bertz CT molecular complexity index is 138. The number of nitrogens with zero attached hydrogens (tertiary/aromatic N) is 2. The van der Waals surface area contributed by atoms with Crippen LogP contribution in [0.15, 0.2) is 5.10 Å². The van der Waals surface area contributed by atoms with Crippen molar-refractivity contribution in [1.82, 2.24) is 10.3 Å². The fourth-order valence-corrected chi connectivity index (χ4v) is 1.57. The lowest BCUT2D eigenvalue weighted by atomic mass is 10.3. The van der Waals surface area contributed by atoms with Crippen LogP contribution in [0.5, 0.6) is 0 Å². The molecule has 56 valence electrons. The van der Waals surface area contributed by atoms with Gasteiger partial charge >= 0.3 is 0 Å². The van der Waals surface area contributed by atoms with E-state index in [0.29, 0.717) is 6.17 Å². The molecule has 10 heavy (non-hydrogen) atoms. The van der Waals surface area contributed by atoms with E-state index in [1.165, 1.54) is 12.8 Å². The minimum atomic E-state index is 0.541. The highest BCUT2D eigenvalue weighted by Gasteiger charge is 2.21. The third-order valence-corrected chi connectivity index (χ3v) is 2.11. The molecule has 0 bridgehead atoms. The van der Waals surface area contributed by atoms with Gasteiger partial charge in [0.1, 0.15) is 0 Å². The molecular formula is C7H13N3. The maximum absolute atomic E-state index is 4.26. The van der Waals surface area contributed by atoms with E-state index in [0.717, 1.165) is 19.5 Å². The summed E-state index contributed by atoms with van der Waals surface area (Å²) in [5.74, 6) is 0. The Morgan fingerprint density at radius 2 is 2.60 bits per heavy atom. The normalized spacial score (nSPS) is 32.0. The van der Waals surface area contributed by atoms with E-state index in [9.17, 15) is 0 Å². The highest BCUT2D eigenvalue weighted by Crippen LogP contribution is 2.13. The Labute approximate surface area is 61.1 Å². The van der Waals surface area contributed by atoms with Gasteiger partial charge in [-0.25, -0.2) is 0 Å². The van der Waals surface area contributed by atoms with E-state index >= 15 is 0 Å². The van der Waals surface area contributed by atoms with Crippen LogP contribution in [0.4, 0.5) is 0 Å². The highest BCUT2D eigenvalue weighted by molar-refractivity contribution is 5.58. The lowest BCUT2D eigenvalue weighted by Crippen LogP contribution is -2.36. The van der Waals surface area contributed by atoms with Crippen molar-refractivity contribution in [3.05, 3.63) is 0 Å². The number of rotatable bonds is 1. The summed E-state index contributed by atoms with van der Waals surface area (Å²) >= 11 is 0. The molecule has 0 aromatic heterocycles. The molecule has 0 amide bonds. The predicted molar refractivity (Wildman–Crippen MR) is 40.8 cm³/mol.